The molecule has 20 heavy (non-hydrogen) atoms. The number of thioether (sulfide) groups is 1. The fourth-order valence-electron chi connectivity index (χ4n) is 1.06. The zero-order chi connectivity index (χ0) is 15.5. The van der Waals surface area contributed by atoms with E-state index in [-0.39, 0.29) is 20.6 Å². The number of alkyl halides is 5. The van der Waals surface area contributed by atoms with Gasteiger partial charge in [-0.25, -0.2) is 13.8 Å². The summed E-state index contributed by atoms with van der Waals surface area (Å²) in [6.07, 6.45) is -7.38. The maximum Gasteiger partial charge on any atom is 0.398 e. The summed E-state index contributed by atoms with van der Waals surface area (Å²) in [5.74, 6) is -2.16. The summed E-state index contributed by atoms with van der Waals surface area (Å²) in [5, 5.41) is -0.117. The molecule has 1 aromatic carbocycles. The van der Waals surface area contributed by atoms with E-state index in [4.69, 9.17) is 28.9 Å². The largest absolute Gasteiger partial charge is 0.398 e. The molecular formula is C10H7Cl2F5N2S. The van der Waals surface area contributed by atoms with Gasteiger partial charge in [0.1, 0.15) is 0 Å². The molecule has 0 spiro atoms. The lowest BCUT2D eigenvalue weighted by Crippen LogP contribution is -2.20. The van der Waals surface area contributed by atoms with E-state index in [2.05, 4.69) is 4.99 Å². The highest BCUT2D eigenvalue weighted by Gasteiger charge is 2.28. The van der Waals surface area contributed by atoms with Crippen molar-refractivity contribution in [1.82, 2.24) is 0 Å². The van der Waals surface area contributed by atoms with Crippen LogP contribution < -0.4 is 5.73 Å². The van der Waals surface area contributed by atoms with Crippen molar-refractivity contribution < 1.29 is 22.0 Å². The van der Waals surface area contributed by atoms with E-state index in [0.29, 0.717) is 11.8 Å². The van der Waals surface area contributed by atoms with Gasteiger partial charge in [0.2, 0.25) is 0 Å². The minimum absolute atomic E-state index is 0.0224. The first-order valence-corrected chi connectivity index (χ1v) is 6.65. The number of amidine groups is 1. The zero-order valence-corrected chi connectivity index (χ0v) is 11.8. The number of hydrogen-bond donors (Lipinski definition) is 1. The predicted molar refractivity (Wildman–Crippen MR) is 70.5 cm³/mol. The number of rotatable bonds is 4. The van der Waals surface area contributed by atoms with Gasteiger partial charge in [-0.15, -0.1) is 11.8 Å². The number of halogens is 7. The molecule has 0 aliphatic rings. The summed E-state index contributed by atoms with van der Waals surface area (Å²) < 4.78 is 60.9. The molecule has 0 saturated heterocycles. The molecule has 0 aliphatic heterocycles. The van der Waals surface area contributed by atoms with Gasteiger partial charge in [0.25, 0.3) is 6.43 Å². The van der Waals surface area contributed by atoms with Gasteiger partial charge in [0.15, 0.2) is 5.84 Å². The fraction of sp³-hybridized carbons (Fsp3) is 0.300. The molecular weight excluding hydrogens is 346 g/mol. The highest BCUT2D eigenvalue weighted by molar-refractivity contribution is 7.99. The molecule has 1 aromatic rings. The Labute approximate surface area is 125 Å². The van der Waals surface area contributed by atoms with E-state index < -0.39 is 24.2 Å². The van der Waals surface area contributed by atoms with Crippen molar-refractivity contribution in [3.63, 3.8) is 0 Å². The summed E-state index contributed by atoms with van der Waals surface area (Å²) in [7, 11) is 0. The van der Waals surface area contributed by atoms with Crippen molar-refractivity contribution in [3.05, 3.63) is 22.2 Å². The third kappa shape index (κ3) is 5.34. The first-order chi connectivity index (χ1) is 9.10. The lowest BCUT2D eigenvalue weighted by Gasteiger charge is -2.09. The Bertz CT molecular complexity index is 519. The lowest BCUT2D eigenvalue weighted by molar-refractivity contribution is -0.105. The van der Waals surface area contributed by atoms with Crippen molar-refractivity contribution >= 4 is 46.5 Å². The molecule has 0 atom stereocenters. The van der Waals surface area contributed by atoms with Gasteiger partial charge in [-0.3, -0.25) is 0 Å². The quantitative estimate of drug-likeness (QED) is 0.362. The Hall–Kier alpha value is -0.730. The van der Waals surface area contributed by atoms with E-state index in [9.17, 15) is 22.0 Å². The summed E-state index contributed by atoms with van der Waals surface area (Å²) in [6, 6.07) is 2.20. The van der Waals surface area contributed by atoms with E-state index in [0.717, 1.165) is 12.1 Å². The molecule has 0 saturated carbocycles. The third-order valence-electron chi connectivity index (χ3n) is 1.87. The summed E-state index contributed by atoms with van der Waals surface area (Å²) >= 11 is 11.8. The molecule has 2 nitrogen and oxygen atoms in total. The number of nitrogens with zero attached hydrogens (tertiary/aromatic N) is 1. The van der Waals surface area contributed by atoms with Gasteiger partial charge in [0, 0.05) is 4.90 Å². The van der Waals surface area contributed by atoms with Crippen LogP contribution in [0.2, 0.25) is 10.0 Å². The summed E-state index contributed by atoms with van der Waals surface area (Å²) in [5.41, 5.74) is 4.80. The average molecular weight is 353 g/mol. The van der Waals surface area contributed by atoms with Gasteiger partial charge < -0.3 is 5.73 Å². The van der Waals surface area contributed by atoms with Crippen LogP contribution in [0, 0.1) is 0 Å². The monoisotopic (exact) mass is 352 g/mol. The van der Waals surface area contributed by atoms with Gasteiger partial charge in [-0.2, -0.15) is 13.2 Å². The zero-order valence-electron chi connectivity index (χ0n) is 9.52. The first-order valence-electron chi connectivity index (χ1n) is 4.91. The minimum Gasteiger partial charge on any atom is -0.382 e. The number of benzene rings is 1. The van der Waals surface area contributed by atoms with Crippen LogP contribution in [-0.2, 0) is 0 Å². The second kappa shape index (κ2) is 6.82. The Morgan fingerprint density at radius 3 is 2.35 bits per heavy atom. The molecule has 0 fully saturated rings. The van der Waals surface area contributed by atoms with Crippen LogP contribution in [0.25, 0.3) is 0 Å². The Balaban J connectivity index is 3.07. The van der Waals surface area contributed by atoms with Crippen LogP contribution in [0.1, 0.15) is 0 Å². The second-order valence-electron chi connectivity index (χ2n) is 3.48. The smallest absolute Gasteiger partial charge is 0.382 e. The molecule has 112 valence electrons. The minimum atomic E-state index is -4.39. The number of aliphatic imine (C=N–C) groups is 1. The van der Waals surface area contributed by atoms with Crippen molar-refractivity contribution in [1.29, 1.82) is 0 Å². The predicted octanol–water partition coefficient (Wildman–Crippen LogP) is 4.90. The van der Waals surface area contributed by atoms with Crippen LogP contribution in [0.15, 0.2) is 22.0 Å². The van der Waals surface area contributed by atoms with Crippen molar-refractivity contribution in [3.8, 4) is 0 Å². The molecule has 0 radical (unpaired) electrons. The Morgan fingerprint density at radius 1 is 1.25 bits per heavy atom. The molecule has 10 heteroatoms. The molecule has 0 bridgehead atoms. The van der Waals surface area contributed by atoms with Gasteiger partial charge in [-0.05, 0) is 12.1 Å². The summed E-state index contributed by atoms with van der Waals surface area (Å²) in [6.45, 7) is 0. The SMILES string of the molecule is NC(=Nc1cc(SCC(F)(F)F)c(Cl)cc1Cl)C(F)F. The standard InChI is InChI=1S/C10H7Cl2F5N2S/c11-4-1-5(12)7(20-3-10(15,16)17)2-6(4)19-9(18)8(13)14/h1-2,8H,3H2,(H2,18,19). The van der Waals surface area contributed by atoms with Crippen LogP contribution in [0.3, 0.4) is 0 Å². The van der Waals surface area contributed by atoms with Gasteiger partial charge in [-0.1, -0.05) is 23.2 Å². The molecule has 0 aromatic heterocycles. The van der Waals surface area contributed by atoms with Crippen LogP contribution in [-0.4, -0.2) is 24.2 Å². The molecule has 2 N–H and O–H groups in total. The second-order valence-corrected chi connectivity index (χ2v) is 5.31. The first kappa shape index (κ1) is 17.3. The molecule has 1 rings (SSSR count). The highest BCUT2D eigenvalue weighted by Crippen LogP contribution is 2.38. The van der Waals surface area contributed by atoms with E-state index in [1.54, 1.807) is 0 Å². The van der Waals surface area contributed by atoms with E-state index in [1.807, 2.05) is 0 Å². The van der Waals surface area contributed by atoms with Crippen molar-refractivity contribution in [2.75, 3.05) is 5.75 Å². The Morgan fingerprint density at radius 2 is 1.85 bits per heavy atom. The number of hydrogen-bond acceptors (Lipinski definition) is 2. The van der Waals surface area contributed by atoms with Crippen LogP contribution in [0.5, 0.6) is 0 Å². The maximum atomic E-state index is 12.3. The van der Waals surface area contributed by atoms with Crippen LogP contribution in [0.4, 0.5) is 27.6 Å². The topological polar surface area (TPSA) is 38.4 Å². The van der Waals surface area contributed by atoms with Crippen molar-refractivity contribution in [2.45, 2.75) is 17.5 Å². The number of nitrogens with two attached hydrogens (primary N) is 1. The fourth-order valence-corrected chi connectivity index (χ4v) is 2.36. The third-order valence-corrected chi connectivity index (χ3v) is 3.71. The molecule has 0 aliphatic carbocycles. The maximum absolute atomic E-state index is 12.3. The van der Waals surface area contributed by atoms with Crippen LogP contribution >= 0.6 is 35.0 Å². The molecule has 0 heterocycles. The van der Waals surface area contributed by atoms with E-state index >= 15 is 0 Å². The molecule has 0 unspecified atom stereocenters. The van der Waals surface area contributed by atoms with Gasteiger partial charge >= 0.3 is 6.18 Å². The Kier molecular flexibility index (Phi) is 5.91. The molecule has 0 amide bonds. The average Bonchev–Trinajstić information content (AvgIpc) is 2.29. The summed E-state index contributed by atoms with van der Waals surface area (Å²) in [4.78, 5) is 3.39. The van der Waals surface area contributed by atoms with E-state index in [1.165, 1.54) is 0 Å². The normalized spacial score (nSPS) is 13.1. The highest BCUT2D eigenvalue weighted by atomic mass is 35.5. The van der Waals surface area contributed by atoms with Crippen molar-refractivity contribution in [2.24, 2.45) is 10.7 Å². The lowest BCUT2D eigenvalue weighted by atomic mass is 10.3. The van der Waals surface area contributed by atoms with Gasteiger partial charge in [0.05, 0.1) is 21.5 Å².